The second-order valence-corrected chi connectivity index (χ2v) is 9.29. The molecule has 1 aromatic heterocycles. The fourth-order valence-electron chi connectivity index (χ4n) is 4.41. The zero-order chi connectivity index (χ0) is 21.6. The summed E-state index contributed by atoms with van der Waals surface area (Å²) in [5.74, 6) is 1.20. The zero-order valence-electron chi connectivity index (χ0n) is 17.7. The SMILES string of the molecule is O=C(Nc1ccc(N2CCCN(C(=O)c3cccc(Br)c3)CC2)nc1)C1CCCCC1. The Kier molecular flexibility index (Phi) is 7.22. The molecule has 1 aliphatic heterocycles. The number of halogens is 1. The number of pyridine rings is 1. The first-order chi connectivity index (χ1) is 15.1. The highest BCUT2D eigenvalue weighted by atomic mass is 79.9. The molecular formula is C24H29BrN4O2. The number of hydrogen-bond acceptors (Lipinski definition) is 4. The third-order valence-electron chi connectivity index (χ3n) is 6.17. The monoisotopic (exact) mass is 484 g/mol. The molecule has 2 aliphatic rings. The number of amides is 2. The van der Waals surface area contributed by atoms with Crippen LogP contribution in [-0.4, -0.2) is 47.9 Å². The first-order valence-corrected chi connectivity index (χ1v) is 12.0. The number of carbonyl (C=O) groups is 2. The molecule has 1 aliphatic carbocycles. The molecule has 31 heavy (non-hydrogen) atoms. The van der Waals surface area contributed by atoms with Gasteiger partial charge in [-0.05, 0) is 49.6 Å². The van der Waals surface area contributed by atoms with Crippen LogP contribution < -0.4 is 10.2 Å². The number of anilines is 2. The minimum Gasteiger partial charge on any atom is -0.355 e. The molecule has 0 unspecified atom stereocenters. The predicted octanol–water partition coefficient (Wildman–Crippen LogP) is 4.72. The van der Waals surface area contributed by atoms with Gasteiger partial charge in [0, 0.05) is 42.1 Å². The van der Waals surface area contributed by atoms with Crippen molar-refractivity contribution in [3.8, 4) is 0 Å². The van der Waals surface area contributed by atoms with Gasteiger partial charge in [0.05, 0.1) is 11.9 Å². The van der Waals surface area contributed by atoms with E-state index >= 15 is 0 Å². The van der Waals surface area contributed by atoms with Crippen LogP contribution in [0.1, 0.15) is 48.9 Å². The predicted molar refractivity (Wildman–Crippen MR) is 126 cm³/mol. The molecule has 6 nitrogen and oxygen atoms in total. The summed E-state index contributed by atoms with van der Waals surface area (Å²) < 4.78 is 0.912. The average Bonchev–Trinajstić information content (AvgIpc) is 3.06. The number of hydrogen-bond donors (Lipinski definition) is 1. The Bertz CT molecular complexity index is 912. The highest BCUT2D eigenvalue weighted by molar-refractivity contribution is 9.10. The van der Waals surface area contributed by atoms with Gasteiger partial charge in [0.1, 0.15) is 5.82 Å². The molecule has 2 heterocycles. The Morgan fingerprint density at radius 1 is 0.968 bits per heavy atom. The average molecular weight is 485 g/mol. The van der Waals surface area contributed by atoms with Gasteiger partial charge in [-0.25, -0.2) is 4.98 Å². The number of nitrogens with one attached hydrogen (secondary N) is 1. The van der Waals surface area contributed by atoms with Crippen LogP contribution in [0, 0.1) is 5.92 Å². The molecule has 0 radical (unpaired) electrons. The van der Waals surface area contributed by atoms with Gasteiger partial charge in [-0.1, -0.05) is 41.3 Å². The van der Waals surface area contributed by atoms with Gasteiger partial charge in [0.2, 0.25) is 5.91 Å². The van der Waals surface area contributed by atoms with E-state index in [0.29, 0.717) is 12.1 Å². The number of rotatable bonds is 4. The lowest BCUT2D eigenvalue weighted by Gasteiger charge is -2.23. The van der Waals surface area contributed by atoms with Crippen molar-refractivity contribution in [2.24, 2.45) is 5.92 Å². The standard InChI is InChI=1S/C24H29BrN4O2/c25-20-9-4-8-19(16-20)24(31)29-13-5-12-28(14-15-29)22-11-10-21(17-26-22)27-23(30)18-6-2-1-3-7-18/h4,8-11,16-18H,1-3,5-7,12-15H2,(H,27,30). The van der Waals surface area contributed by atoms with Gasteiger partial charge < -0.3 is 15.1 Å². The molecule has 1 N–H and O–H groups in total. The van der Waals surface area contributed by atoms with E-state index in [4.69, 9.17) is 0 Å². The summed E-state index contributed by atoms with van der Waals surface area (Å²) in [7, 11) is 0. The van der Waals surface area contributed by atoms with Crippen LogP contribution in [0.5, 0.6) is 0 Å². The Morgan fingerprint density at radius 2 is 1.81 bits per heavy atom. The molecule has 2 amide bonds. The number of nitrogens with zero attached hydrogens (tertiary/aromatic N) is 3. The molecule has 1 saturated heterocycles. The highest BCUT2D eigenvalue weighted by Crippen LogP contribution is 2.25. The lowest BCUT2D eigenvalue weighted by atomic mass is 9.88. The summed E-state index contributed by atoms with van der Waals surface area (Å²) in [6.07, 6.45) is 8.13. The van der Waals surface area contributed by atoms with E-state index in [1.165, 1.54) is 6.42 Å². The van der Waals surface area contributed by atoms with Gasteiger partial charge in [-0.15, -0.1) is 0 Å². The van der Waals surface area contributed by atoms with Crippen LogP contribution in [0.4, 0.5) is 11.5 Å². The molecule has 1 aromatic carbocycles. The minimum atomic E-state index is 0.0666. The number of benzene rings is 1. The van der Waals surface area contributed by atoms with Crippen molar-refractivity contribution in [2.45, 2.75) is 38.5 Å². The Morgan fingerprint density at radius 3 is 2.55 bits per heavy atom. The van der Waals surface area contributed by atoms with E-state index in [0.717, 1.165) is 67.7 Å². The maximum atomic E-state index is 12.9. The van der Waals surface area contributed by atoms with Gasteiger partial charge in [-0.2, -0.15) is 0 Å². The van der Waals surface area contributed by atoms with Crippen LogP contribution >= 0.6 is 15.9 Å². The summed E-state index contributed by atoms with van der Waals surface area (Å²) in [6, 6.07) is 11.4. The first kappa shape index (κ1) is 21.8. The van der Waals surface area contributed by atoms with Gasteiger partial charge >= 0.3 is 0 Å². The van der Waals surface area contributed by atoms with Crippen molar-refractivity contribution >= 4 is 39.2 Å². The minimum absolute atomic E-state index is 0.0666. The fraction of sp³-hybridized carbons (Fsp3) is 0.458. The van der Waals surface area contributed by atoms with E-state index in [9.17, 15) is 9.59 Å². The second kappa shape index (κ2) is 10.3. The summed E-state index contributed by atoms with van der Waals surface area (Å²) >= 11 is 3.44. The lowest BCUT2D eigenvalue weighted by Crippen LogP contribution is -2.35. The number of aromatic nitrogens is 1. The summed E-state index contributed by atoms with van der Waals surface area (Å²) in [5, 5.41) is 3.02. The maximum Gasteiger partial charge on any atom is 0.253 e. The summed E-state index contributed by atoms with van der Waals surface area (Å²) in [4.78, 5) is 34.0. The fourth-order valence-corrected chi connectivity index (χ4v) is 4.81. The van der Waals surface area contributed by atoms with Crippen LogP contribution in [0.3, 0.4) is 0 Å². The van der Waals surface area contributed by atoms with Crippen molar-refractivity contribution in [1.29, 1.82) is 0 Å². The highest BCUT2D eigenvalue weighted by Gasteiger charge is 2.23. The molecule has 164 valence electrons. The van der Waals surface area contributed by atoms with Crippen LogP contribution in [0.25, 0.3) is 0 Å². The maximum absolute atomic E-state index is 12.9. The van der Waals surface area contributed by atoms with E-state index < -0.39 is 0 Å². The molecule has 0 bridgehead atoms. The zero-order valence-corrected chi connectivity index (χ0v) is 19.3. The molecule has 0 atom stereocenters. The molecule has 2 aromatic rings. The Labute approximate surface area is 192 Å². The van der Waals surface area contributed by atoms with E-state index in [1.54, 1.807) is 6.20 Å². The Balaban J connectivity index is 1.33. The topological polar surface area (TPSA) is 65.5 Å². The number of carbonyl (C=O) groups excluding carboxylic acids is 2. The normalized spacial score (nSPS) is 17.8. The largest absolute Gasteiger partial charge is 0.355 e. The molecular weight excluding hydrogens is 456 g/mol. The van der Waals surface area contributed by atoms with Crippen molar-refractivity contribution in [3.05, 3.63) is 52.6 Å². The molecule has 7 heteroatoms. The third-order valence-corrected chi connectivity index (χ3v) is 6.66. The third kappa shape index (κ3) is 5.64. The van der Waals surface area contributed by atoms with Crippen molar-refractivity contribution in [1.82, 2.24) is 9.88 Å². The van der Waals surface area contributed by atoms with Crippen molar-refractivity contribution < 1.29 is 9.59 Å². The van der Waals surface area contributed by atoms with E-state index in [1.807, 2.05) is 41.3 Å². The lowest BCUT2D eigenvalue weighted by molar-refractivity contribution is -0.120. The van der Waals surface area contributed by atoms with E-state index in [-0.39, 0.29) is 17.7 Å². The molecule has 0 spiro atoms. The van der Waals surface area contributed by atoms with Gasteiger partial charge in [-0.3, -0.25) is 9.59 Å². The first-order valence-electron chi connectivity index (χ1n) is 11.2. The van der Waals surface area contributed by atoms with Crippen molar-refractivity contribution in [3.63, 3.8) is 0 Å². The Hall–Kier alpha value is -2.41. The van der Waals surface area contributed by atoms with Crippen LogP contribution in [0.15, 0.2) is 47.1 Å². The summed E-state index contributed by atoms with van der Waals surface area (Å²) in [5.41, 5.74) is 1.46. The smallest absolute Gasteiger partial charge is 0.253 e. The quantitative estimate of drug-likeness (QED) is 0.681. The van der Waals surface area contributed by atoms with Crippen LogP contribution in [0.2, 0.25) is 0 Å². The molecule has 2 fully saturated rings. The summed E-state index contributed by atoms with van der Waals surface area (Å²) in [6.45, 7) is 2.98. The molecule has 1 saturated carbocycles. The van der Waals surface area contributed by atoms with Gasteiger partial charge in [0.15, 0.2) is 0 Å². The molecule has 4 rings (SSSR count). The van der Waals surface area contributed by atoms with Crippen molar-refractivity contribution in [2.75, 3.05) is 36.4 Å². The van der Waals surface area contributed by atoms with Crippen LogP contribution in [-0.2, 0) is 4.79 Å². The second-order valence-electron chi connectivity index (χ2n) is 8.37. The van der Waals surface area contributed by atoms with Gasteiger partial charge in [0.25, 0.3) is 5.91 Å². The van der Waals surface area contributed by atoms with E-state index in [2.05, 4.69) is 31.1 Å².